The molecule has 1 saturated heterocycles. The minimum absolute atomic E-state index is 0.0271. The van der Waals surface area contributed by atoms with Gasteiger partial charge in [-0.05, 0) is 97.1 Å². The van der Waals surface area contributed by atoms with E-state index in [2.05, 4.69) is 10.1 Å². The number of thioether (sulfide) groups is 1. The minimum Gasteiger partial charge on any atom is -0.378 e. The van der Waals surface area contributed by atoms with Crippen molar-refractivity contribution >= 4 is 64.1 Å². The number of carbonyl (C=O) groups is 3. The first-order chi connectivity index (χ1) is 21.9. The number of Topliss-reactive ketones (excluding diaryl/α,β-unsaturated/α-hetero) is 1. The number of carbonyl (C=O) groups excluding carboxylic acids is 3. The summed E-state index contributed by atoms with van der Waals surface area (Å²) < 4.78 is 5.42. The Balaban J connectivity index is 1.18. The maximum Gasteiger partial charge on any atom is 0.331 e. The molecule has 1 heterocycles. The molecule has 0 aromatic heterocycles. The van der Waals surface area contributed by atoms with Crippen LogP contribution in [0, 0.1) is 0 Å². The molecule has 4 aromatic carbocycles. The number of hydrogen-bond acceptors (Lipinski definition) is 9. The van der Waals surface area contributed by atoms with Crippen LogP contribution >= 0.6 is 35.1 Å². The van der Waals surface area contributed by atoms with Crippen LogP contribution < -0.4 is 4.90 Å². The van der Waals surface area contributed by atoms with Crippen LogP contribution in [0.4, 0.5) is 5.69 Å². The second-order valence-electron chi connectivity index (χ2n) is 10.1. The molecule has 0 unspecified atom stereocenters. The third kappa shape index (κ3) is 9.31. The van der Waals surface area contributed by atoms with Crippen LogP contribution in [0.2, 0.25) is 5.02 Å². The number of hydrogen-bond donors (Lipinski definition) is 0. The van der Waals surface area contributed by atoms with Crippen molar-refractivity contribution in [2.75, 3.05) is 37.0 Å². The van der Waals surface area contributed by atoms with Crippen LogP contribution in [0.15, 0.2) is 117 Å². The van der Waals surface area contributed by atoms with Gasteiger partial charge in [0.2, 0.25) is 5.78 Å². The van der Waals surface area contributed by atoms with Gasteiger partial charge in [0.15, 0.2) is 5.78 Å². The van der Waals surface area contributed by atoms with Crippen LogP contribution in [-0.2, 0) is 14.4 Å². The largest absolute Gasteiger partial charge is 0.378 e. The van der Waals surface area contributed by atoms with Crippen molar-refractivity contribution in [2.45, 2.75) is 28.0 Å². The zero-order valence-electron chi connectivity index (χ0n) is 24.6. The molecule has 0 aliphatic carbocycles. The van der Waals surface area contributed by atoms with E-state index >= 15 is 0 Å². The van der Waals surface area contributed by atoms with E-state index in [1.54, 1.807) is 23.9 Å². The lowest BCUT2D eigenvalue weighted by atomic mass is 10.0. The molecule has 0 radical (unpaired) electrons. The van der Waals surface area contributed by atoms with Crippen LogP contribution in [0.1, 0.15) is 39.6 Å². The number of ether oxygens (including phenoxy) is 1. The van der Waals surface area contributed by atoms with Gasteiger partial charge >= 0.3 is 5.97 Å². The molecule has 0 bridgehead atoms. The van der Waals surface area contributed by atoms with Gasteiger partial charge < -0.3 is 14.5 Å². The maximum atomic E-state index is 13.2. The maximum absolute atomic E-state index is 13.2. The fourth-order valence-corrected chi connectivity index (χ4v) is 6.38. The predicted molar refractivity (Wildman–Crippen MR) is 180 cm³/mol. The number of ketones is 2. The van der Waals surface area contributed by atoms with Crippen molar-refractivity contribution in [1.82, 2.24) is 0 Å². The van der Waals surface area contributed by atoms with Gasteiger partial charge in [0.05, 0.1) is 13.2 Å². The van der Waals surface area contributed by atoms with Gasteiger partial charge in [0, 0.05) is 74.3 Å². The Morgan fingerprint density at radius 2 is 1.31 bits per heavy atom. The van der Waals surface area contributed by atoms with Gasteiger partial charge in [-0.3, -0.25) is 9.59 Å². The minimum atomic E-state index is -0.591. The number of morpholine rings is 1. The van der Waals surface area contributed by atoms with Crippen LogP contribution in [0.3, 0.4) is 0 Å². The Morgan fingerprint density at radius 3 is 1.89 bits per heavy atom. The summed E-state index contributed by atoms with van der Waals surface area (Å²) in [7, 11) is 0. The van der Waals surface area contributed by atoms with E-state index in [1.807, 2.05) is 84.9 Å². The molecule has 0 saturated carbocycles. The lowest BCUT2D eigenvalue weighted by Gasteiger charge is -2.28. The van der Waals surface area contributed by atoms with E-state index in [0.717, 1.165) is 33.5 Å². The van der Waals surface area contributed by atoms with E-state index in [0.29, 0.717) is 47.1 Å². The van der Waals surface area contributed by atoms with Crippen molar-refractivity contribution in [3.05, 3.63) is 119 Å². The summed E-state index contributed by atoms with van der Waals surface area (Å²) in [5, 5.41) is 4.50. The SMILES string of the molecule is CC(=O)O/N=C(/CCSc1ccc(Cl)cc1)C(=O)c1ccc(Sc2ccc(C(=O)c3ccc(N4CCOCC4)cc3)cc2)cc1. The molecule has 1 aliphatic heterocycles. The highest BCUT2D eigenvalue weighted by atomic mass is 35.5. The predicted octanol–water partition coefficient (Wildman–Crippen LogP) is 7.84. The van der Waals surface area contributed by atoms with Gasteiger partial charge in [-0.15, -0.1) is 11.8 Å². The van der Waals surface area contributed by atoms with Gasteiger partial charge in [-0.25, -0.2) is 4.79 Å². The molecular weight excluding hydrogens is 628 g/mol. The molecule has 0 spiro atoms. The second kappa shape index (κ2) is 15.9. The Kier molecular flexibility index (Phi) is 11.5. The summed E-state index contributed by atoms with van der Waals surface area (Å²) in [6.07, 6.45) is 0.318. The van der Waals surface area contributed by atoms with Gasteiger partial charge in [0.25, 0.3) is 0 Å². The standard InChI is InChI=1S/C35H31ClN2O5S2/c1-24(39)43-37-33(18-23-44-30-16-8-28(36)9-17-30)35(41)27-6-14-32(15-7-27)45-31-12-4-26(5-13-31)34(40)25-2-10-29(11-3-25)38-19-21-42-22-20-38/h2-17H,18-23H2,1H3/b37-33-. The average Bonchev–Trinajstić information content (AvgIpc) is 3.07. The molecule has 7 nitrogen and oxygen atoms in total. The van der Waals surface area contributed by atoms with E-state index in [4.69, 9.17) is 21.2 Å². The van der Waals surface area contributed by atoms with Crippen LogP contribution in [-0.4, -0.2) is 55.3 Å². The fraction of sp³-hybridized carbons (Fsp3) is 0.200. The Labute approximate surface area is 275 Å². The summed E-state index contributed by atoms with van der Waals surface area (Å²) in [5.74, 6) is -0.350. The van der Waals surface area contributed by atoms with Crippen molar-refractivity contribution in [1.29, 1.82) is 0 Å². The van der Waals surface area contributed by atoms with Crippen LogP contribution in [0.25, 0.3) is 0 Å². The molecule has 0 atom stereocenters. The Bertz CT molecular complexity index is 1650. The quantitative estimate of drug-likeness (QED) is 0.0500. The Hall–Kier alpha value is -3.89. The zero-order chi connectivity index (χ0) is 31.6. The van der Waals surface area contributed by atoms with Crippen molar-refractivity contribution in [3.63, 3.8) is 0 Å². The first kappa shape index (κ1) is 32.5. The van der Waals surface area contributed by atoms with Crippen molar-refractivity contribution in [2.24, 2.45) is 5.16 Å². The van der Waals surface area contributed by atoms with Crippen LogP contribution in [0.5, 0.6) is 0 Å². The highest BCUT2D eigenvalue weighted by Crippen LogP contribution is 2.29. The third-order valence-corrected chi connectivity index (χ3v) is 9.22. The molecule has 1 aliphatic rings. The number of halogens is 1. The lowest BCUT2D eigenvalue weighted by Crippen LogP contribution is -2.36. The smallest absolute Gasteiger partial charge is 0.331 e. The van der Waals surface area contributed by atoms with Gasteiger partial charge in [0.1, 0.15) is 5.71 Å². The van der Waals surface area contributed by atoms with E-state index in [9.17, 15) is 14.4 Å². The molecule has 0 N–H and O–H groups in total. The number of nitrogens with zero attached hydrogens (tertiary/aromatic N) is 2. The van der Waals surface area contributed by atoms with Crippen molar-refractivity contribution in [3.8, 4) is 0 Å². The van der Waals surface area contributed by atoms with Crippen molar-refractivity contribution < 1.29 is 24.0 Å². The molecule has 230 valence electrons. The average molecular weight is 659 g/mol. The number of anilines is 1. The molecular formula is C35H31ClN2O5S2. The van der Waals surface area contributed by atoms with E-state index < -0.39 is 5.97 Å². The summed E-state index contributed by atoms with van der Waals surface area (Å²) >= 11 is 9.04. The highest BCUT2D eigenvalue weighted by molar-refractivity contribution is 7.99. The molecule has 1 fully saturated rings. The van der Waals surface area contributed by atoms with Gasteiger partial charge in [-0.1, -0.05) is 28.5 Å². The zero-order valence-corrected chi connectivity index (χ0v) is 27.0. The molecule has 45 heavy (non-hydrogen) atoms. The fourth-order valence-electron chi connectivity index (χ4n) is 4.58. The summed E-state index contributed by atoms with van der Waals surface area (Å²) in [6, 6.07) is 29.8. The second-order valence-corrected chi connectivity index (χ2v) is 12.9. The molecule has 0 amide bonds. The van der Waals surface area contributed by atoms with E-state index in [-0.39, 0.29) is 17.3 Å². The van der Waals surface area contributed by atoms with Gasteiger partial charge in [-0.2, -0.15) is 0 Å². The molecule has 4 aromatic rings. The summed E-state index contributed by atoms with van der Waals surface area (Å²) in [6.45, 7) is 4.37. The Morgan fingerprint density at radius 1 is 0.778 bits per heavy atom. The monoisotopic (exact) mass is 658 g/mol. The topological polar surface area (TPSA) is 85.3 Å². The first-order valence-electron chi connectivity index (χ1n) is 14.4. The highest BCUT2D eigenvalue weighted by Gasteiger charge is 2.17. The first-order valence-corrected chi connectivity index (χ1v) is 16.6. The van der Waals surface area contributed by atoms with E-state index in [1.165, 1.54) is 18.7 Å². The normalized spacial score (nSPS) is 13.4. The molecule has 10 heteroatoms. The molecule has 5 rings (SSSR count). The summed E-state index contributed by atoms with van der Waals surface area (Å²) in [5.41, 5.74) is 2.97. The lowest BCUT2D eigenvalue weighted by molar-refractivity contribution is -0.140. The summed E-state index contributed by atoms with van der Waals surface area (Å²) in [4.78, 5) is 47.7. The number of benzene rings is 4. The third-order valence-electron chi connectivity index (χ3n) is 6.94. The number of rotatable bonds is 12. The number of oxime groups is 1.